The maximum atomic E-state index is 13.4. The second-order valence-corrected chi connectivity index (χ2v) is 3.54. The van der Waals surface area contributed by atoms with Crippen LogP contribution < -0.4 is 5.73 Å². The van der Waals surface area contributed by atoms with Gasteiger partial charge in [0.15, 0.2) is 0 Å². The first kappa shape index (κ1) is 11.4. The summed E-state index contributed by atoms with van der Waals surface area (Å²) in [7, 11) is 1.56. The van der Waals surface area contributed by atoms with E-state index in [1.54, 1.807) is 19.2 Å². The molecule has 0 fully saturated rings. The highest BCUT2D eigenvalue weighted by molar-refractivity contribution is 6.30. The number of hydrogen-bond acceptors (Lipinski definition) is 2. The molecule has 2 nitrogen and oxygen atoms in total. The average molecular weight is 218 g/mol. The Hall–Kier alpha value is -0.640. The standard InChI is InChI=1S/C10H13ClFNO/c1-14-6-8(13)5-7-3-2-4-9(11)10(7)12/h2-4,8H,5-6,13H2,1H3. The average Bonchev–Trinajstić information content (AvgIpc) is 2.13. The molecule has 0 heterocycles. The Morgan fingerprint density at radius 1 is 1.57 bits per heavy atom. The molecule has 0 radical (unpaired) electrons. The molecule has 4 heteroatoms. The number of ether oxygens (including phenoxy) is 1. The van der Waals surface area contributed by atoms with Gasteiger partial charge in [0.25, 0.3) is 0 Å². The van der Waals surface area contributed by atoms with Gasteiger partial charge in [-0.05, 0) is 18.1 Å². The summed E-state index contributed by atoms with van der Waals surface area (Å²) in [6.07, 6.45) is 0.431. The molecule has 0 spiro atoms. The highest BCUT2D eigenvalue weighted by atomic mass is 35.5. The van der Waals surface area contributed by atoms with Crippen molar-refractivity contribution in [2.45, 2.75) is 12.5 Å². The first-order chi connectivity index (χ1) is 6.65. The third kappa shape index (κ3) is 2.94. The van der Waals surface area contributed by atoms with Crippen LogP contribution in [0.1, 0.15) is 5.56 Å². The number of nitrogens with two attached hydrogens (primary N) is 1. The second kappa shape index (κ2) is 5.29. The predicted molar refractivity (Wildman–Crippen MR) is 55.0 cm³/mol. The molecule has 0 saturated carbocycles. The Balaban J connectivity index is 2.71. The van der Waals surface area contributed by atoms with Gasteiger partial charge < -0.3 is 10.5 Å². The summed E-state index contributed by atoms with van der Waals surface area (Å²) >= 11 is 5.63. The molecule has 1 rings (SSSR count). The lowest BCUT2D eigenvalue weighted by atomic mass is 10.1. The maximum Gasteiger partial charge on any atom is 0.145 e. The Kier molecular flexibility index (Phi) is 4.32. The summed E-state index contributed by atoms with van der Waals surface area (Å²) < 4.78 is 18.2. The molecular weight excluding hydrogens is 205 g/mol. The minimum Gasteiger partial charge on any atom is -0.383 e. The van der Waals surface area contributed by atoms with Crippen LogP contribution in [0.15, 0.2) is 18.2 Å². The zero-order valence-electron chi connectivity index (χ0n) is 7.97. The maximum absolute atomic E-state index is 13.4. The molecule has 1 aromatic carbocycles. The second-order valence-electron chi connectivity index (χ2n) is 3.13. The van der Waals surface area contributed by atoms with E-state index in [9.17, 15) is 4.39 Å². The van der Waals surface area contributed by atoms with Crippen molar-refractivity contribution in [2.75, 3.05) is 13.7 Å². The first-order valence-corrected chi connectivity index (χ1v) is 4.70. The molecular formula is C10H13ClFNO. The van der Waals surface area contributed by atoms with E-state index in [1.807, 2.05) is 0 Å². The number of rotatable bonds is 4. The molecule has 0 aliphatic heterocycles. The molecule has 2 N–H and O–H groups in total. The van der Waals surface area contributed by atoms with Crippen LogP contribution in [0.5, 0.6) is 0 Å². The number of halogens is 2. The summed E-state index contributed by atoms with van der Waals surface area (Å²) in [5, 5.41) is 0.132. The van der Waals surface area contributed by atoms with Crippen LogP contribution in [-0.4, -0.2) is 19.8 Å². The van der Waals surface area contributed by atoms with Crippen molar-refractivity contribution in [3.63, 3.8) is 0 Å². The number of methoxy groups -OCH3 is 1. The quantitative estimate of drug-likeness (QED) is 0.837. The summed E-state index contributed by atoms with van der Waals surface area (Å²) in [4.78, 5) is 0. The topological polar surface area (TPSA) is 35.2 Å². The zero-order valence-corrected chi connectivity index (χ0v) is 8.72. The van der Waals surface area contributed by atoms with Crippen molar-refractivity contribution in [3.8, 4) is 0 Å². The lowest BCUT2D eigenvalue weighted by Gasteiger charge is -2.11. The van der Waals surface area contributed by atoms with Gasteiger partial charge in [0.2, 0.25) is 0 Å². The fraction of sp³-hybridized carbons (Fsp3) is 0.400. The summed E-state index contributed by atoms with van der Waals surface area (Å²) in [5.41, 5.74) is 6.23. The molecule has 0 bridgehead atoms. The van der Waals surface area contributed by atoms with Crippen LogP contribution in [0.3, 0.4) is 0 Å². The number of benzene rings is 1. The Labute approximate surface area is 87.8 Å². The van der Waals surface area contributed by atoms with Crippen molar-refractivity contribution >= 4 is 11.6 Å². The van der Waals surface area contributed by atoms with E-state index in [-0.39, 0.29) is 16.9 Å². The zero-order chi connectivity index (χ0) is 10.6. The fourth-order valence-corrected chi connectivity index (χ4v) is 1.46. The lowest BCUT2D eigenvalue weighted by Crippen LogP contribution is -2.28. The molecule has 1 aromatic rings. The van der Waals surface area contributed by atoms with Crippen LogP contribution in [0.25, 0.3) is 0 Å². The third-order valence-electron chi connectivity index (χ3n) is 1.89. The van der Waals surface area contributed by atoms with Gasteiger partial charge >= 0.3 is 0 Å². The van der Waals surface area contributed by atoms with E-state index in [1.165, 1.54) is 6.07 Å². The molecule has 14 heavy (non-hydrogen) atoms. The van der Waals surface area contributed by atoms with Gasteiger partial charge in [0, 0.05) is 13.2 Å². The van der Waals surface area contributed by atoms with Crippen LogP contribution >= 0.6 is 11.6 Å². The van der Waals surface area contributed by atoms with Crippen molar-refractivity contribution in [1.29, 1.82) is 0 Å². The summed E-state index contributed by atoms with van der Waals surface area (Å²) in [6, 6.07) is 4.70. The minimum atomic E-state index is -0.388. The Bertz CT molecular complexity index is 306. The van der Waals surface area contributed by atoms with Gasteiger partial charge in [-0.25, -0.2) is 4.39 Å². The van der Waals surface area contributed by atoms with Crippen molar-refractivity contribution in [2.24, 2.45) is 5.73 Å². The molecule has 78 valence electrons. The molecule has 1 atom stereocenters. The van der Waals surface area contributed by atoms with Crippen LogP contribution in [0.2, 0.25) is 5.02 Å². The molecule has 0 aromatic heterocycles. The van der Waals surface area contributed by atoms with Gasteiger partial charge in [-0.2, -0.15) is 0 Å². The van der Waals surface area contributed by atoms with E-state index in [2.05, 4.69) is 0 Å². The van der Waals surface area contributed by atoms with Gasteiger partial charge in [-0.15, -0.1) is 0 Å². The minimum absolute atomic E-state index is 0.132. The fourth-order valence-electron chi connectivity index (χ4n) is 1.26. The largest absolute Gasteiger partial charge is 0.383 e. The van der Waals surface area contributed by atoms with Crippen molar-refractivity contribution in [3.05, 3.63) is 34.6 Å². The van der Waals surface area contributed by atoms with Gasteiger partial charge in [0.05, 0.1) is 11.6 Å². The SMILES string of the molecule is COCC(N)Cc1cccc(Cl)c1F. The highest BCUT2D eigenvalue weighted by Gasteiger charge is 2.10. The van der Waals surface area contributed by atoms with E-state index >= 15 is 0 Å². The normalized spacial score (nSPS) is 12.9. The van der Waals surface area contributed by atoms with E-state index in [0.29, 0.717) is 18.6 Å². The van der Waals surface area contributed by atoms with E-state index in [0.717, 1.165) is 0 Å². The van der Waals surface area contributed by atoms with Crippen LogP contribution in [-0.2, 0) is 11.2 Å². The molecule has 0 saturated heterocycles. The van der Waals surface area contributed by atoms with E-state index < -0.39 is 0 Å². The lowest BCUT2D eigenvalue weighted by molar-refractivity contribution is 0.179. The van der Waals surface area contributed by atoms with Crippen LogP contribution in [0, 0.1) is 5.82 Å². The number of hydrogen-bond donors (Lipinski definition) is 1. The monoisotopic (exact) mass is 217 g/mol. The van der Waals surface area contributed by atoms with Gasteiger partial charge in [0.1, 0.15) is 5.82 Å². The third-order valence-corrected chi connectivity index (χ3v) is 2.19. The van der Waals surface area contributed by atoms with Crippen molar-refractivity contribution < 1.29 is 9.13 Å². The van der Waals surface area contributed by atoms with Crippen LogP contribution in [0.4, 0.5) is 4.39 Å². The molecule has 0 amide bonds. The Morgan fingerprint density at radius 2 is 2.29 bits per heavy atom. The molecule has 1 unspecified atom stereocenters. The first-order valence-electron chi connectivity index (χ1n) is 4.32. The highest BCUT2D eigenvalue weighted by Crippen LogP contribution is 2.18. The molecule has 0 aliphatic carbocycles. The smallest absolute Gasteiger partial charge is 0.145 e. The predicted octanol–water partition coefficient (Wildman–Crippen LogP) is 2.00. The van der Waals surface area contributed by atoms with Gasteiger partial charge in [-0.3, -0.25) is 0 Å². The Morgan fingerprint density at radius 3 is 2.93 bits per heavy atom. The van der Waals surface area contributed by atoms with E-state index in [4.69, 9.17) is 22.1 Å². The van der Waals surface area contributed by atoms with Crippen molar-refractivity contribution in [1.82, 2.24) is 0 Å². The summed E-state index contributed by atoms with van der Waals surface area (Å²) in [5.74, 6) is -0.388. The van der Waals surface area contributed by atoms with Gasteiger partial charge in [-0.1, -0.05) is 23.7 Å². The summed E-state index contributed by atoms with van der Waals surface area (Å²) in [6.45, 7) is 0.409. The molecule has 0 aliphatic rings.